The molecule has 0 aliphatic rings. The van der Waals surface area contributed by atoms with E-state index in [1.165, 1.54) is 30.3 Å². The molecule has 3 heteroatoms. The third-order valence-electron chi connectivity index (χ3n) is 2.98. The molecular formula is C20H17FO2. The van der Waals surface area contributed by atoms with Gasteiger partial charge in [-0.3, -0.25) is 4.79 Å². The first-order chi connectivity index (χ1) is 10.8. The Morgan fingerprint density at radius 1 is 1.09 bits per heavy atom. The van der Waals surface area contributed by atoms with Gasteiger partial charge < -0.3 is 5.11 Å². The summed E-state index contributed by atoms with van der Waals surface area (Å²) in [7, 11) is 0. The van der Waals surface area contributed by atoms with Crippen LogP contribution in [0.3, 0.4) is 0 Å². The predicted octanol–water partition coefficient (Wildman–Crippen LogP) is 3.84. The van der Waals surface area contributed by atoms with E-state index in [-0.39, 0.29) is 11.6 Å². The topological polar surface area (TPSA) is 37.3 Å². The zero-order valence-electron chi connectivity index (χ0n) is 13.0. The second-order valence-corrected chi connectivity index (χ2v) is 5.64. The van der Waals surface area contributed by atoms with Gasteiger partial charge in [0.15, 0.2) is 5.78 Å². The highest BCUT2D eigenvalue weighted by atomic mass is 19.1. The lowest BCUT2D eigenvalue weighted by Gasteiger charge is -2.05. The van der Waals surface area contributed by atoms with Crippen LogP contribution in [0.2, 0.25) is 0 Å². The molecule has 0 aromatic heterocycles. The summed E-state index contributed by atoms with van der Waals surface area (Å²) in [4.78, 5) is 11.9. The Balaban J connectivity index is 2.06. The average Bonchev–Trinajstić information content (AvgIpc) is 2.51. The van der Waals surface area contributed by atoms with Gasteiger partial charge in [0.25, 0.3) is 0 Å². The normalized spacial score (nSPS) is 11.1. The number of aliphatic hydroxyl groups is 1. The fraction of sp³-hybridized carbons (Fsp3) is 0.150. The quantitative estimate of drug-likeness (QED) is 0.531. The number of allylic oxidation sites excluding steroid dienone is 1. The van der Waals surface area contributed by atoms with Gasteiger partial charge in [0.05, 0.1) is 0 Å². The van der Waals surface area contributed by atoms with E-state index in [0.29, 0.717) is 5.56 Å². The lowest BCUT2D eigenvalue weighted by atomic mass is 10.1. The largest absolute Gasteiger partial charge is 0.378 e. The van der Waals surface area contributed by atoms with Gasteiger partial charge in [0.1, 0.15) is 11.4 Å². The van der Waals surface area contributed by atoms with Gasteiger partial charge in [-0.05, 0) is 61.9 Å². The van der Waals surface area contributed by atoms with Crippen molar-refractivity contribution >= 4 is 11.9 Å². The highest BCUT2D eigenvalue weighted by Crippen LogP contribution is 2.09. The molecule has 0 fully saturated rings. The number of hydrogen-bond acceptors (Lipinski definition) is 2. The van der Waals surface area contributed by atoms with Crippen molar-refractivity contribution in [2.75, 3.05) is 0 Å². The molecule has 2 rings (SSSR count). The lowest BCUT2D eigenvalue weighted by molar-refractivity contribution is 0.104. The second kappa shape index (κ2) is 7.04. The van der Waals surface area contributed by atoms with Crippen LogP contribution in [0.4, 0.5) is 4.39 Å². The maximum atomic E-state index is 12.8. The number of ketones is 1. The Morgan fingerprint density at radius 2 is 1.70 bits per heavy atom. The van der Waals surface area contributed by atoms with E-state index in [0.717, 1.165) is 11.1 Å². The molecule has 0 unspecified atom stereocenters. The lowest BCUT2D eigenvalue weighted by Crippen LogP contribution is -2.14. The van der Waals surface area contributed by atoms with E-state index in [2.05, 4.69) is 11.8 Å². The molecule has 0 aliphatic heterocycles. The predicted molar refractivity (Wildman–Crippen MR) is 89.4 cm³/mol. The van der Waals surface area contributed by atoms with E-state index < -0.39 is 5.60 Å². The second-order valence-electron chi connectivity index (χ2n) is 5.64. The molecule has 0 saturated heterocycles. The number of rotatable bonds is 3. The molecule has 2 aromatic carbocycles. The molecule has 116 valence electrons. The van der Waals surface area contributed by atoms with Gasteiger partial charge >= 0.3 is 0 Å². The van der Waals surface area contributed by atoms with Crippen LogP contribution in [0.15, 0.2) is 54.6 Å². The minimum atomic E-state index is -1.03. The van der Waals surface area contributed by atoms with Crippen molar-refractivity contribution in [3.05, 3.63) is 77.1 Å². The molecule has 0 saturated carbocycles. The molecule has 0 radical (unpaired) electrons. The molecule has 2 aromatic rings. The Morgan fingerprint density at radius 3 is 2.26 bits per heavy atom. The molecule has 0 heterocycles. The number of carbonyl (C=O) groups is 1. The van der Waals surface area contributed by atoms with Gasteiger partial charge in [-0.1, -0.05) is 30.0 Å². The van der Waals surface area contributed by atoms with E-state index in [1.807, 2.05) is 24.3 Å². The van der Waals surface area contributed by atoms with Crippen molar-refractivity contribution < 1.29 is 14.3 Å². The Hall–Kier alpha value is -2.70. The number of hydrogen-bond donors (Lipinski definition) is 1. The molecule has 0 amide bonds. The van der Waals surface area contributed by atoms with Gasteiger partial charge in [0, 0.05) is 11.1 Å². The van der Waals surface area contributed by atoms with Crippen molar-refractivity contribution in [3.63, 3.8) is 0 Å². The molecule has 0 spiro atoms. The van der Waals surface area contributed by atoms with Gasteiger partial charge in [-0.15, -0.1) is 0 Å². The van der Waals surface area contributed by atoms with Crippen molar-refractivity contribution in [2.24, 2.45) is 0 Å². The summed E-state index contributed by atoms with van der Waals surface area (Å²) in [5, 5.41) is 9.56. The standard InChI is InChI=1S/C20H17FO2/c1-20(2,23)14-13-16-5-3-15(4-6-16)7-12-19(22)17-8-10-18(21)11-9-17/h3-12,23H,1-2H3. The summed E-state index contributed by atoms with van der Waals surface area (Å²) in [6, 6.07) is 12.7. The van der Waals surface area contributed by atoms with Crippen molar-refractivity contribution in [3.8, 4) is 11.8 Å². The maximum Gasteiger partial charge on any atom is 0.185 e. The summed E-state index contributed by atoms with van der Waals surface area (Å²) in [5.41, 5.74) is 1.05. The van der Waals surface area contributed by atoms with E-state index in [1.54, 1.807) is 19.9 Å². The summed E-state index contributed by atoms with van der Waals surface area (Å²) >= 11 is 0. The summed E-state index contributed by atoms with van der Waals surface area (Å²) in [6.07, 6.45) is 3.14. The minimum absolute atomic E-state index is 0.184. The first-order valence-corrected chi connectivity index (χ1v) is 7.17. The van der Waals surface area contributed by atoms with Crippen LogP contribution in [0.5, 0.6) is 0 Å². The van der Waals surface area contributed by atoms with Crippen molar-refractivity contribution in [2.45, 2.75) is 19.4 Å². The van der Waals surface area contributed by atoms with E-state index in [4.69, 9.17) is 0 Å². The van der Waals surface area contributed by atoms with Crippen LogP contribution < -0.4 is 0 Å². The Bertz CT molecular complexity index is 768. The zero-order chi connectivity index (χ0) is 16.9. The van der Waals surface area contributed by atoms with Gasteiger partial charge in [-0.25, -0.2) is 4.39 Å². The number of carbonyl (C=O) groups excluding carboxylic acids is 1. The molecule has 1 N–H and O–H groups in total. The van der Waals surface area contributed by atoms with Crippen LogP contribution in [-0.2, 0) is 0 Å². The maximum absolute atomic E-state index is 12.8. The number of halogens is 1. The first kappa shape index (κ1) is 16.7. The van der Waals surface area contributed by atoms with Crippen LogP contribution in [0, 0.1) is 17.7 Å². The highest BCUT2D eigenvalue weighted by molar-refractivity contribution is 6.06. The zero-order valence-corrected chi connectivity index (χ0v) is 13.0. The SMILES string of the molecule is CC(C)(O)C#Cc1ccc(C=CC(=O)c2ccc(F)cc2)cc1. The van der Waals surface area contributed by atoms with E-state index in [9.17, 15) is 14.3 Å². The first-order valence-electron chi connectivity index (χ1n) is 7.17. The molecular weight excluding hydrogens is 291 g/mol. The fourth-order valence-corrected chi connectivity index (χ4v) is 1.78. The summed E-state index contributed by atoms with van der Waals surface area (Å²) in [6.45, 7) is 3.25. The monoisotopic (exact) mass is 308 g/mol. The van der Waals surface area contributed by atoms with Gasteiger partial charge in [-0.2, -0.15) is 0 Å². The minimum Gasteiger partial charge on any atom is -0.378 e. The number of benzene rings is 2. The third kappa shape index (κ3) is 5.54. The van der Waals surface area contributed by atoms with Gasteiger partial charge in [0.2, 0.25) is 0 Å². The highest BCUT2D eigenvalue weighted by Gasteiger charge is 2.05. The summed E-state index contributed by atoms with van der Waals surface area (Å²) < 4.78 is 12.8. The van der Waals surface area contributed by atoms with Crippen LogP contribution >= 0.6 is 0 Å². The third-order valence-corrected chi connectivity index (χ3v) is 2.98. The molecule has 0 atom stereocenters. The van der Waals surface area contributed by atoms with E-state index >= 15 is 0 Å². The van der Waals surface area contributed by atoms with Crippen LogP contribution in [-0.4, -0.2) is 16.5 Å². The average molecular weight is 308 g/mol. The summed E-state index contributed by atoms with van der Waals surface area (Å²) in [5.74, 6) is 5.07. The van der Waals surface area contributed by atoms with Crippen molar-refractivity contribution in [1.29, 1.82) is 0 Å². The Kier molecular flexibility index (Phi) is 5.10. The smallest absolute Gasteiger partial charge is 0.185 e. The molecule has 0 aliphatic carbocycles. The molecule has 2 nitrogen and oxygen atoms in total. The molecule has 0 bridgehead atoms. The van der Waals surface area contributed by atoms with Crippen LogP contribution in [0.1, 0.15) is 35.3 Å². The Labute approximate surface area is 135 Å². The van der Waals surface area contributed by atoms with Crippen LogP contribution in [0.25, 0.3) is 6.08 Å². The fourth-order valence-electron chi connectivity index (χ4n) is 1.78. The molecule has 23 heavy (non-hydrogen) atoms. The van der Waals surface area contributed by atoms with Crippen molar-refractivity contribution in [1.82, 2.24) is 0 Å².